The van der Waals surface area contributed by atoms with Crippen molar-refractivity contribution in [1.29, 1.82) is 0 Å². The number of aromatic nitrogens is 2. The highest BCUT2D eigenvalue weighted by Gasteiger charge is 2.34. The highest BCUT2D eigenvalue weighted by molar-refractivity contribution is 6.39. The smallest absolute Gasteiger partial charge is 0.356 e. The average molecular weight is 417 g/mol. The Morgan fingerprint density at radius 3 is 2.23 bits per heavy atom. The summed E-state index contributed by atoms with van der Waals surface area (Å²) in [6, 6.07) is 13.8. The molecule has 0 amide bonds. The Hall–Kier alpha value is -4.04. The van der Waals surface area contributed by atoms with E-state index >= 15 is 0 Å². The quantitative estimate of drug-likeness (QED) is 0.379. The number of methoxy groups -OCH3 is 1. The predicted octanol–water partition coefficient (Wildman–Crippen LogP) is 3.48. The third-order valence-corrected chi connectivity index (χ3v) is 4.86. The van der Waals surface area contributed by atoms with E-state index in [2.05, 4.69) is 15.0 Å². The second-order valence-corrected chi connectivity index (χ2v) is 6.55. The normalized spacial score (nSPS) is 14.7. The molecule has 0 unspecified atom stereocenters. The van der Waals surface area contributed by atoms with Gasteiger partial charge in [-0.15, -0.1) is 0 Å². The molecule has 1 atom stereocenters. The third-order valence-electron chi connectivity index (χ3n) is 4.86. The van der Waals surface area contributed by atoms with Gasteiger partial charge in [-0.05, 0) is 42.0 Å². The summed E-state index contributed by atoms with van der Waals surface area (Å²) in [5.74, 6) is 0.0598. The van der Waals surface area contributed by atoms with Crippen LogP contribution in [0.3, 0.4) is 0 Å². The molecule has 2 aromatic carbocycles. The minimum absolute atomic E-state index is 0.119. The molecule has 0 saturated carbocycles. The van der Waals surface area contributed by atoms with Crippen molar-refractivity contribution in [1.82, 2.24) is 9.97 Å². The zero-order valence-electron chi connectivity index (χ0n) is 16.8. The number of aliphatic imine (C=N–C) groups is 1. The van der Waals surface area contributed by atoms with Crippen LogP contribution in [0.5, 0.6) is 11.5 Å². The van der Waals surface area contributed by atoms with E-state index < -0.39 is 12.1 Å². The van der Waals surface area contributed by atoms with Crippen molar-refractivity contribution in [2.24, 2.45) is 4.99 Å². The summed E-state index contributed by atoms with van der Waals surface area (Å²) < 4.78 is 11.3. The van der Waals surface area contributed by atoms with Crippen molar-refractivity contribution in [3.05, 3.63) is 66.5 Å². The zero-order chi connectivity index (χ0) is 22.0. The number of phenols is 1. The number of benzene rings is 2. The van der Waals surface area contributed by atoms with Crippen LogP contribution in [0.4, 0.5) is 5.69 Å². The Morgan fingerprint density at radius 2 is 1.58 bits per heavy atom. The van der Waals surface area contributed by atoms with Gasteiger partial charge in [-0.2, -0.15) is 0 Å². The molecule has 2 N–H and O–H groups in total. The number of pyridine rings is 2. The first-order valence-corrected chi connectivity index (χ1v) is 9.40. The van der Waals surface area contributed by atoms with Gasteiger partial charge < -0.3 is 19.7 Å². The van der Waals surface area contributed by atoms with Gasteiger partial charge in [0.2, 0.25) is 0 Å². The lowest BCUT2D eigenvalue weighted by molar-refractivity contribution is -0.133. The van der Waals surface area contributed by atoms with Gasteiger partial charge in [-0.25, -0.2) is 9.79 Å². The molecule has 1 aliphatic rings. The average Bonchev–Trinajstić information content (AvgIpc) is 2.84. The second kappa shape index (κ2) is 8.37. The molecule has 0 fully saturated rings. The third kappa shape index (κ3) is 3.43. The van der Waals surface area contributed by atoms with Crippen molar-refractivity contribution in [3.63, 3.8) is 0 Å². The Bertz CT molecular complexity index is 1300. The van der Waals surface area contributed by atoms with Gasteiger partial charge in [-0.3, -0.25) is 9.97 Å². The van der Waals surface area contributed by atoms with Crippen molar-refractivity contribution >= 4 is 39.2 Å². The van der Waals surface area contributed by atoms with Gasteiger partial charge in [0.05, 0.1) is 12.6 Å². The number of hydrogen-bond acceptors (Lipinski definition) is 8. The van der Waals surface area contributed by atoms with E-state index in [-0.39, 0.29) is 11.5 Å². The number of rotatable bonds is 2. The Morgan fingerprint density at radius 1 is 0.968 bits per heavy atom. The molecule has 0 bridgehead atoms. The van der Waals surface area contributed by atoms with E-state index in [1.165, 1.54) is 19.2 Å². The highest BCUT2D eigenvalue weighted by atomic mass is 16.5. The SMILES string of the molecule is CO.COC(=O)C1=Nc2c(c3cccnc3c3ncccc23)O[C@@H]1c1ccc(O)cc1. The van der Waals surface area contributed by atoms with Crippen LogP contribution in [-0.4, -0.2) is 46.1 Å². The van der Waals surface area contributed by atoms with Gasteiger partial charge in [-0.1, -0.05) is 12.1 Å². The first-order valence-electron chi connectivity index (χ1n) is 9.40. The zero-order valence-corrected chi connectivity index (χ0v) is 16.8. The van der Waals surface area contributed by atoms with Crippen LogP contribution in [0.25, 0.3) is 21.8 Å². The number of aliphatic hydroxyl groups is 1. The number of aliphatic hydroxyl groups excluding tert-OH is 1. The van der Waals surface area contributed by atoms with E-state index in [1.54, 1.807) is 30.6 Å². The Kier molecular flexibility index (Phi) is 5.46. The Balaban J connectivity index is 0.00000112. The Labute approximate surface area is 177 Å². The maximum absolute atomic E-state index is 12.5. The van der Waals surface area contributed by atoms with Gasteiger partial charge in [0.15, 0.2) is 17.6 Å². The molecule has 0 saturated heterocycles. The monoisotopic (exact) mass is 417 g/mol. The summed E-state index contributed by atoms with van der Waals surface area (Å²) in [6.45, 7) is 0. The molecule has 8 nitrogen and oxygen atoms in total. The number of aromatic hydroxyl groups is 1. The maximum Gasteiger partial charge on any atom is 0.356 e. The second-order valence-electron chi connectivity index (χ2n) is 6.55. The lowest BCUT2D eigenvalue weighted by Gasteiger charge is -2.27. The molecule has 31 heavy (non-hydrogen) atoms. The lowest BCUT2D eigenvalue weighted by Crippen LogP contribution is -2.29. The summed E-state index contributed by atoms with van der Waals surface area (Å²) in [5, 5.41) is 18.1. The van der Waals surface area contributed by atoms with Crippen molar-refractivity contribution in [3.8, 4) is 11.5 Å². The number of esters is 1. The van der Waals surface area contributed by atoms with Crippen LogP contribution in [0.1, 0.15) is 11.7 Å². The predicted molar refractivity (Wildman–Crippen MR) is 116 cm³/mol. The van der Waals surface area contributed by atoms with Gasteiger partial charge >= 0.3 is 5.97 Å². The number of phenolic OH excluding ortho intramolecular Hbond substituents is 1. The first kappa shape index (κ1) is 20.2. The van der Waals surface area contributed by atoms with E-state index in [9.17, 15) is 9.90 Å². The first-order chi connectivity index (χ1) is 15.2. The molecule has 0 spiro atoms. The van der Waals surface area contributed by atoms with Crippen molar-refractivity contribution in [2.45, 2.75) is 6.10 Å². The van der Waals surface area contributed by atoms with Crippen LogP contribution in [0, 0.1) is 0 Å². The fourth-order valence-corrected chi connectivity index (χ4v) is 3.53. The van der Waals surface area contributed by atoms with E-state index in [4.69, 9.17) is 14.6 Å². The number of hydrogen-bond donors (Lipinski definition) is 2. The topological polar surface area (TPSA) is 114 Å². The molecule has 0 aliphatic carbocycles. The fraction of sp³-hybridized carbons (Fsp3) is 0.130. The summed E-state index contributed by atoms with van der Waals surface area (Å²) in [4.78, 5) is 26.1. The van der Waals surface area contributed by atoms with Crippen LogP contribution in [-0.2, 0) is 9.53 Å². The van der Waals surface area contributed by atoms with Crippen LogP contribution in [0.15, 0.2) is 65.9 Å². The molecule has 3 heterocycles. The minimum Gasteiger partial charge on any atom is -0.508 e. The van der Waals surface area contributed by atoms with E-state index in [0.717, 1.165) is 17.9 Å². The molecular formula is C23H19N3O5. The van der Waals surface area contributed by atoms with Crippen LogP contribution < -0.4 is 4.74 Å². The van der Waals surface area contributed by atoms with E-state index in [0.29, 0.717) is 28.0 Å². The largest absolute Gasteiger partial charge is 0.508 e. The van der Waals surface area contributed by atoms with Gasteiger partial charge in [0, 0.05) is 30.3 Å². The summed E-state index contributed by atoms with van der Waals surface area (Å²) >= 11 is 0. The van der Waals surface area contributed by atoms with Crippen LogP contribution >= 0.6 is 0 Å². The minimum atomic E-state index is -0.784. The molecule has 4 aromatic rings. The molecule has 156 valence electrons. The van der Waals surface area contributed by atoms with Crippen molar-refractivity contribution < 1.29 is 24.5 Å². The molecular weight excluding hydrogens is 398 g/mol. The molecule has 2 aromatic heterocycles. The fourth-order valence-electron chi connectivity index (χ4n) is 3.53. The number of carbonyl (C=O) groups is 1. The highest BCUT2D eigenvalue weighted by Crippen LogP contribution is 2.47. The molecule has 5 rings (SSSR count). The molecule has 0 radical (unpaired) electrons. The summed E-state index contributed by atoms with van der Waals surface area (Å²) in [7, 11) is 2.30. The van der Waals surface area contributed by atoms with Gasteiger partial charge in [0.1, 0.15) is 17.0 Å². The number of fused-ring (bicyclic) bond motifs is 6. The van der Waals surface area contributed by atoms with Crippen molar-refractivity contribution in [2.75, 3.05) is 14.2 Å². The molecule has 8 heteroatoms. The number of carbonyl (C=O) groups excluding carboxylic acids is 1. The maximum atomic E-state index is 12.5. The number of ether oxygens (including phenoxy) is 2. The summed E-state index contributed by atoms with van der Waals surface area (Å²) in [6.07, 6.45) is 2.61. The summed E-state index contributed by atoms with van der Waals surface area (Å²) in [5.41, 5.74) is 2.69. The molecule has 1 aliphatic heterocycles. The van der Waals surface area contributed by atoms with Crippen LogP contribution in [0.2, 0.25) is 0 Å². The van der Waals surface area contributed by atoms with E-state index in [1.807, 2.05) is 18.2 Å². The lowest BCUT2D eigenvalue weighted by atomic mass is 10.0. The standard InChI is InChI=1S/C22H15N3O4.CH4O/c1-28-22(27)19-20(12-6-8-13(26)9-7-12)29-21-15-5-3-11-24-17(15)16-14(18(21)25-19)4-2-10-23-16;1-2/h2-11,20,26H,1H3;2H,1H3/t20-;/m1./s1. The number of nitrogens with zero attached hydrogens (tertiary/aromatic N) is 3. The van der Waals surface area contributed by atoms with Gasteiger partial charge in [0.25, 0.3) is 0 Å².